The molecule has 0 atom stereocenters. The number of nitrogens with one attached hydrogen (secondary N) is 1. The molecule has 0 saturated heterocycles. The van der Waals surface area contributed by atoms with Gasteiger partial charge in [-0.15, -0.1) is 0 Å². The van der Waals surface area contributed by atoms with Gasteiger partial charge in [0.15, 0.2) is 10.8 Å². The standard InChI is InChI=1S/C19H18BrN5O3S/c1-27-8-7-25-18(26)12-9-11(20)3-4-13(12)22-19(25)29-10-15-21-14-5-6-16(28-2)24-17(14)23-15/h3-6,9H,7-8,10H2,1-2H3,(H,21,23,24). The van der Waals surface area contributed by atoms with Gasteiger partial charge in [-0.1, -0.05) is 27.7 Å². The van der Waals surface area contributed by atoms with Gasteiger partial charge in [0.2, 0.25) is 5.88 Å². The van der Waals surface area contributed by atoms with Gasteiger partial charge < -0.3 is 14.5 Å². The smallest absolute Gasteiger partial charge is 0.262 e. The van der Waals surface area contributed by atoms with E-state index in [2.05, 4.69) is 30.9 Å². The fourth-order valence-corrected chi connectivity index (χ4v) is 4.16. The average Bonchev–Trinajstić information content (AvgIpc) is 3.14. The summed E-state index contributed by atoms with van der Waals surface area (Å²) in [4.78, 5) is 29.8. The molecule has 0 radical (unpaired) electrons. The number of H-pyrrole nitrogens is 1. The van der Waals surface area contributed by atoms with Crippen molar-refractivity contribution in [3.05, 3.63) is 51.0 Å². The molecule has 4 aromatic rings. The molecule has 3 aromatic heterocycles. The van der Waals surface area contributed by atoms with E-state index in [9.17, 15) is 4.79 Å². The van der Waals surface area contributed by atoms with Crippen LogP contribution in [0.5, 0.6) is 5.88 Å². The molecule has 29 heavy (non-hydrogen) atoms. The summed E-state index contributed by atoms with van der Waals surface area (Å²) in [5.74, 6) is 1.77. The first-order chi connectivity index (χ1) is 14.1. The van der Waals surface area contributed by atoms with Crippen molar-refractivity contribution in [3.8, 4) is 5.88 Å². The first kappa shape index (κ1) is 19.9. The van der Waals surface area contributed by atoms with Crippen molar-refractivity contribution in [1.29, 1.82) is 0 Å². The number of thioether (sulfide) groups is 1. The van der Waals surface area contributed by atoms with Gasteiger partial charge >= 0.3 is 0 Å². The second-order valence-electron chi connectivity index (χ2n) is 6.20. The zero-order valence-corrected chi connectivity index (χ0v) is 18.2. The molecule has 1 aromatic carbocycles. The van der Waals surface area contributed by atoms with E-state index in [0.717, 1.165) is 15.8 Å². The molecule has 1 N–H and O–H groups in total. The minimum Gasteiger partial charge on any atom is -0.481 e. The van der Waals surface area contributed by atoms with Gasteiger partial charge in [-0.25, -0.2) is 9.97 Å². The van der Waals surface area contributed by atoms with E-state index in [4.69, 9.17) is 14.5 Å². The number of halogens is 1. The highest BCUT2D eigenvalue weighted by Gasteiger charge is 2.14. The monoisotopic (exact) mass is 475 g/mol. The Hall–Kier alpha value is -2.43. The van der Waals surface area contributed by atoms with Gasteiger partial charge in [0.1, 0.15) is 5.82 Å². The SMILES string of the molecule is COCCn1c(SCc2nc3nc(OC)ccc3[nH]2)nc2ccc(Br)cc2c1=O. The van der Waals surface area contributed by atoms with Crippen LogP contribution in [0.2, 0.25) is 0 Å². The van der Waals surface area contributed by atoms with Gasteiger partial charge in [-0.05, 0) is 24.3 Å². The maximum Gasteiger partial charge on any atom is 0.262 e. The second-order valence-corrected chi connectivity index (χ2v) is 8.06. The Morgan fingerprint density at radius 2 is 2.03 bits per heavy atom. The van der Waals surface area contributed by atoms with Crippen molar-refractivity contribution in [3.63, 3.8) is 0 Å². The number of imidazole rings is 1. The summed E-state index contributed by atoms with van der Waals surface area (Å²) < 4.78 is 12.8. The number of ether oxygens (including phenoxy) is 2. The fourth-order valence-electron chi connectivity index (χ4n) is 2.90. The molecule has 0 fully saturated rings. The summed E-state index contributed by atoms with van der Waals surface area (Å²) in [6, 6.07) is 9.16. The van der Waals surface area contributed by atoms with E-state index < -0.39 is 0 Å². The number of benzene rings is 1. The first-order valence-electron chi connectivity index (χ1n) is 8.80. The number of aromatic nitrogens is 5. The number of hydrogen-bond acceptors (Lipinski definition) is 7. The summed E-state index contributed by atoms with van der Waals surface area (Å²) in [6.45, 7) is 0.842. The topological polar surface area (TPSA) is 94.9 Å². The van der Waals surface area contributed by atoms with Gasteiger partial charge in [-0.2, -0.15) is 4.98 Å². The third-order valence-electron chi connectivity index (χ3n) is 4.32. The Morgan fingerprint density at radius 1 is 1.17 bits per heavy atom. The fraction of sp³-hybridized carbons (Fsp3) is 0.263. The lowest BCUT2D eigenvalue weighted by atomic mass is 10.2. The molecule has 8 nitrogen and oxygen atoms in total. The summed E-state index contributed by atoms with van der Waals surface area (Å²) in [6.07, 6.45) is 0. The average molecular weight is 476 g/mol. The molecule has 10 heteroatoms. The molecule has 4 rings (SSSR count). The number of nitrogens with zero attached hydrogens (tertiary/aromatic N) is 4. The number of methoxy groups -OCH3 is 2. The molecule has 150 valence electrons. The third-order valence-corrected chi connectivity index (χ3v) is 5.80. The van der Waals surface area contributed by atoms with Crippen molar-refractivity contribution in [2.45, 2.75) is 17.5 Å². The van der Waals surface area contributed by atoms with Crippen molar-refractivity contribution in [2.24, 2.45) is 0 Å². The zero-order chi connectivity index (χ0) is 20.4. The first-order valence-corrected chi connectivity index (χ1v) is 10.6. The highest BCUT2D eigenvalue weighted by atomic mass is 79.9. The lowest BCUT2D eigenvalue weighted by Gasteiger charge is -2.12. The number of rotatable bonds is 7. The van der Waals surface area contributed by atoms with Crippen LogP contribution in [0, 0.1) is 0 Å². The molecule has 0 spiro atoms. The lowest BCUT2D eigenvalue weighted by molar-refractivity contribution is 0.183. The largest absolute Gasteiger partial charge is 0.481 e. The molecule has 3 heterocycles. The Balaban J connectivity index is 1.67. The third kappa shape index (κ3) is 4.14. The van der Waals surface area contributed by atoms with Crippen LogP contribution >= 0.6 is 27.7 Å². The molecular formula is C19H18BrN5O3S. The predicted octanol–water partition coefficient (Wildman–Crippen LogP) is 3.38. The maximum atomic E-state index is 13.0. The highest BCUT2D eigenvalue weighted by Crippen LogP contribution is 2.24. The zero-order valence-electron chi connectivity index (χ0n) is 15.8. The van der Waals surface area contributed by atoms with Crippen LogP contribution in [0.1, 0.15) is 5.82 Å². The molecule has 0 amide bonds. The predicted molar refractivity (Wildman–Crippen MR) is 116 cm³/mol. The Kier molecular flexibility index (Phi) is 5.84. The number of fused-ring (bicyclic) bond motifs is 2. The quantitative estimate of drug-likeness (QED) is 0.323. The van der Waals surface area contributed by atoms with Crippen LogP contribution in [0.3, 0.4) is 0 Å². The van der Waals surface area contributed by atoms with Gasteiger partial charge in [0.05, 0.1) is 42.4 Å². The maximum absolute atomic E-state index is 13.0. The van der Waals surface area contributed by atoms with Crippen LogP contribution in [-0.4, -0.2) is 45.3 Å². The van der Waals surface area contributed by atoms with E-state index >= 15 is 0 Å². The van der Waals surface area contributed by atoms with Gasteiger partial charge in [0, 0.05) is 17.6 Å². The molecule has 0 aliphatic rings. The number of aromatic amines is 1. The van der Waals surface area contributed by atoms with Crippen LogP contribution in [0.15, 0.2) is 44.8 Å². The molecule has 0 aliphatic heterocycles. The van der Waals surface area contributed by atoms with Crippen LogP contribution < -0.4 is 10.3 Å². The summed E-state index contributed by atoms with van der Waals surface area (Å²) in [5, 5.41) is 1.19. The minimum atomic E-state index is -0.0909. The van der Waals surface area contributed by atoms with Crippen molar-refractivity contribution in [2.75, 3.05) is 20.8 Å². The summed E-state index contributed by atoms with van der Waals surface area (Å²) in [5.41, 5.74) is 1.99. The van der Waals surface area contributed by atoms with Crippen molar-refractivity contribution < 1.29 is 9.47 Å². The van der Waals surface area contributed by atoms with Crippen LogP contribution in [0.25, 0.3) is 22.1 Å². The van der Waals surface area contributed by atoms with E-state index in [1.54, 1.807) is 30.9 Å². The Labute approximate surface area is 178 Å². The molecule has 0 bridgehead atoms. The Morgan fingerprint density at radius 3 is 2.83 bits per heavy atom. The lowest BCUT2D eigenvalue weighted by Crippen LogP contribution is -2.25. The molecule has 0 unspecified atom stereocenters. The van der Waals surface area contributed by atoms with E-state index in [-0.39, 0.29) is 5.56 Å². The van der Waals surface area contributed by atoms with E-state index in [1.165, 1.54) is 11.8 Å². The van der Waals surface area contributed by atoms with Gasteiger partial charge in [0.25, 0.3) is 5.56 Å². The molecule has 0 aliphatic carbocycles. The Bertz CT molecular complexity index is 1240. The highest BCUT2D eigenvalue weighted by molar-refractivity contribution is 9.10. The number of hydrogen-bond donors (Lipinski definition) is 1. The second kappa shape index (κ2) is 8.52. The van der Waals surface area contributed by atoms with Gasteiger partial charge in [-0.3, -0.25) is 9.36 Å². The van der Waals surface area contributed by atoms with Crippen molar-refractivity contribution in [1.82, 2.24) is 24.5 Å². The van der Waals surface area contributed by atoms with Crippen LogP contribution in [-0.2, 0) is 17.0 Å². The van der Waals surface area contributed by atoms with E-state index in [0.29, 0.717) is 46.5 Å². The van der Waals surface area contributed by atoms with Crippen molar-refractivity contribution >= 4 is 49.8 Å². The van der Waals surface area contributed by atoms with E-state index in [1.807, 2.05) is 18.2 Å². The van der Waals surface area contributed by atoms with Crippen LogP contribution in [0.4, 0.5) is 0 Å². The summed E-state index contributed by atoms with van der Waals surface area (Å²) in [7, 11) is 3.18. The normalized spacial score (nSPS) is 11.4. The minimum absolute atomic E-state index is 0.0909. The summed E-state index contributed by atoms with van der Waals surface area (Å²) >= 11 is 4.86. The molecular weight excluding hydrogens is 458 g/mol. The molecule has 0 saturated carbocycles. The number of pyridine rings is 1.